The number of carbonyl (C=O) groups is 1. The van der Waals surface area contributed by atoms with Crippen LogP contribution in [0, 0.1) is 5.41 Å². The SMILES string of the molecule is CC(C)(C)C(=O)CNCl. The first-order chi connectivity index (χ1) is 3.98. The quantitative estimate of drug-likeness (QED) is 0.601. The van der Waals surface area contributed by atoms with Crippen molar-refractivity contribution in [2.24, 2.45) is 5.41 Å². The van der Waals surface area contributed by atoms with E-state index in [-0.39, 0.29) is 17.7 Å². The molecule has 0 aromatic rings. The van der Waals surface area contributed by atoms with E-state index in [4.69, 9.17) is 11.8 Å². The molecule has 0 saturated heterocycles. The van der Waals surface area contributed by atoms with Gasteiger partial charge in [-0.2, -0.15) is 0 Å². The molecular weight excluding hydrogens is 138 g/mol. The lowest BCUT2D eigenvalue weighted by atomic mass is 9.91. The number of nitrogens with one attached hydrogen (secondary N) is 1. The Hall–Kier alpha value is -0.0800. The summed E-state index contributed by atoms with van der Waals surface area (Å²) in [6.07, 6.45) is 0. The van der Waals surface area contributed by atoms with Crippen LogP contribution in [0.2, 0.25) is 0 Å². The fourth-order valence-corrected chi connectivity index (χ4v) is 0.447. The molecule has 0 atom stereocenters. The molecular formula is C6H12ClNO. The molecule has 0 fully saturated rings. The minimum absolute atomic E-state index is 0.123. The van der Waals surface area contributed by atoms with Crippen molar-refractivity contribution in [3.8, 4) is 0 Å². The Morgan fingerprint density at radius 3 is 2.11 bits per heavy atom. The fraction of sp³-hybridized carbons (Fsp3) is 0.833. The lowest BCUT2D eigenvalue weighted by Crippen LogP contribution is -2.27. The first-order valence-electron chi connectivity index (χ1n) is 2.85. The van der Waals surface area contributed by atoms with Crippen molar-refractivity contribution in [3.63, 3.8) is 0 Å². The van der Waals surface area contributed by atoms with E-state index in [9.17, 15) is 4.79 Å². The normalized spacial score (nSPS) is 11.6. The predicted octanol–water partition coefficient (Wildman–Crippen LogP) is 1.34. The van der Waals surface area contributed by atoms with Crippen molar-refractivity contribution in [1.82, 2.24) is 4.84 Å². The van der Waals surface area contributed by atoms with Crippen LogP contribution >= 0.6 is 11.8 Å². The summed E-state index contributed by atoms with van der Waals surface area (Å²) in [5.74, 6) is 0.123. The third-order valence-electron chi connectivity index (χ3n) is 1.06. The summed E-state index contributed by atoms with van der Waals surface area (Å²) in [6.45, 7) is 5.84. The highest BCUT2D eigenvalue weighted by Gasteiger charge is 2.19. The molecule has 54 valence electrons. The number of halogens is 1. The molecule has 0 aliphatic rings. The zero-order valence-corrected chi connectivity index (χ0v) is 6.75. The molecule has 0 aliphatic heterocycles. The smallest absolute Gasteiger partial charge is 0.153 e. The van der Waals surface area contributed by atoms with Crippen LogP contribution < -0.4 is 4.84 Å². The molecule has 3 heteroatoms. The van der Waals surface area contributed by atoms with Crippen molar-refractivity contribution in [2.45, 2.75) is 20.8 Å². The molecule has 2 nitrogen and oxygen atoms in total. The van der Waals surface area contributed by atoms with Crippen LogP contribution in [0.15, 0.2) is 0 Å². The van der Waals surface area contributed by atoms with E-state index < -0.39 is 0 Å². The van der Waals surface area contributed by atoms with Gasteiger partial charge < -0.3 is 0 Å². The Bertz CT molecular complexity index is 106. The van der Waals surface area contributed by atoms with Gasteiger partial charge in [-0.25, -0.2) is 4.84 Å². The maximum Gasteiger partial charge on any atom is 0.153 e. The average molecular weight is 150 g/mol. The predicted molar refractivity (Wildman–Crippen MR) is 38.3 cm³/mol. The highest BCUT2D eigenvalue weighted by Crippen LogP contribution is 2.13. The van der Waals surface area contributed by atoms with Crippen molar-refractivity contribution in [2.75, 3.05) is 6.54 Å². The van der Waals surface area contributed by atoms with Gasteiger partial charge in [0.2, 0.25) is 0 Å². The van der Waals surface area contributed by atoms with Gasteiger partial charge in [-0.05, 0) is 11.8 Å². The summed E-state index contributed by atoms with van der Waals surface area (Å²) >= 11 is 5.13. The minimum Gasteiger partial charge on any atom is -0.298 e. The van der Waals surface area contributed by atoms with E-state index >= 15 is 0 Å². The van der Waals surface area contributed by atoms with Gasteiger partial charge in [-0.3, -0.25) is 4.79 Å². The average Bonchev–Trinajstić information content (AvgIpc) is 1.64. The minimum atomic E-state index is -0.276. The monoisotopic (exact) mass is 149 g/mol. The van der Waals surface area contributed by atoms with Crippen LogP contribution in [-0.4, -0.2) is 12.3 Å². The van der Waals surface area contributed by atoms with Crippen LogP contribution in [0.3, 0.4) is 0 Å². The van der Waals surface area contributed by atoms with Crippen LogP contribution in [0.25, 0.3) is 0 Å². The number of carbonyl (C=O) groups excluding carboxylic acids is 1. The molecule has 0 radical (unpaired) electrons. The molecule has 0 aliphatic carbocycles. The van der Waals surface area contributed by atoms with Crippen molar-refractivity contribution in [3.05, 3.63) is 0 Å². The standard InChI is InChI=1S/C6H12ClNO/c1-6(2,3)5(9)4-8-7/h8H,4H2,1-3H3. The van der Waals surface area contributed by atoms with E-state index in [1.807, 2.05) is 20.8 Å². The van der Waals surface area contributed by atoms with Crippen LogP contribution in [0.5, 0.6) is 0 Å². The summed E-state index contributed by atoms with van der Waals surface area (Å²) < 4.78 is 0. The molecule has 0 bridgehead atoms. The highest BCUT2D eigenvalue weighted by molar-refractivity contribution is 6.14. The van der Waals surface area contributed by atoms with Gasteiger partial charge in [0, 0.05) is 5.41 Å². The Balaban J connectivity index is 3.74. The van der Waals surface area contributed by atoms with Crippen LogP contribution in [0.4, 0.5) is 0 Å². The van der Waals surface area contributed by atoms with Crippen LogP contribution in [0.1, 0.15) is 20.8 Å². The zero-order valence-electron chi connectivity index (χ0n) is 5.99. The highest BCUT2D eigenvalue weighted by atomic mass is 35.5. The lowest BCUT2D eigenvalue weighted by Gasteiger charge is -2.14. The molecule has 0 unspecified atom stereocenters. The van der Waals surface area contributed by atoms with Gasteiger partial charge in [0.15, 0.2) is 5.78 Å². The van der Waals surface area contributed by atoms with E-state index in [0.717, 1.165) is 0 Å². The van der Waals surface area contributed by atoms with Gasteiger partial charge in [-0.15, -0.1) is 0 Å². The topological polar surface area (TPSA) is 29.1 Å². The largest absolute Gasteiger partial charge is 0.298 e. The second-order valence-electron chi connectivity index (χ2n) is 2.98. The van der Waals surface area contributed by atoms with Gasteiger partial charge in [0.1, 0.15) is 0 Å². The molecule has 0 aromatic heterocycles. The third kappa shape index (κ3) is 3.49. The van der Waals surface area contributed by atoms with E-state index in [0.29, 0.717) is 0 Å². The number of ketones is 1. The molecule has 0 amide bonds. The Labute approximate surface area is 60.7 Å². The molecule has 0 heterocycles. The summed E-state index contributed by atoms with van der Waals surface area (Å²) in [5.41, 5.74) is -0.276. The summed E-state index contributed by atoms with van der Waals surface area (Å²) in [7, 11) is 0. The molecule has 9 heavy (non-hydrogen) atoms. The summed E-state index contributed by atoms with van der Waals surface area (Å²) in [5, 5.41) is 0. The maximum absolute atomic E-state index is 10.9. The molecule has 1 N–H and O–H groups in total. The zero-order chi connectivity index (χ0) is 7.49. The molecule has 0 aromatic carbocycles. The first-order valence-corrected chi connectivity index (χ1v) is 3.23. The summed E-state index contributed by atoms with van der Waals surface area (Å²) in [4.78, 5) is 13.2. The Morgan fingerprint density at radius 1 is 1.56 bits per heavy atom. The van der Waals surface area contributed by atoms with Crippen molar-refractivity contribution in [1.29, 1.82) is 0 Å². The van der Waals surface area contributed by atoms with Gasteiger partial charge in [0.05, 0.1) is 6.54 Å². The van der Waals surface area contributed by atoms with Gasteiger partial charge in [0.25, 0.3) is 0 Å². The van der Waals surface area contributed by atoms with E-state index in [2.05, 4.69) is 4.84 Å². The second kappa shape index (κ2) is 3.18. The van der Waals surface area contributed by atoms with Crippen molar-refractivity contribution >= 4 is 17.6 Å². The van der Waals surface area contributed by atoms with E-state index in [1.54, 1.807) is 0 Å². The fourth-order valence-electron chi connectivity index (χ4n) is 0.326. The van der Waals surface area contributed by atoms with Crippen LogP contribution in [-0.2, 0) is 4.79 Å². The Kier molecular flexibility index (Phi) is 3.15. The number of rotatable bonds is 2. The molecule has 0 rings (SSSR count). The molecule has 0 spiro atoms. The third-order valence-corrected chi connectivity index (χ3v) is 1.20. The number of hydrogen-bond donors (Lipinski definition) is 1. The second-order valence-corrected chi connectivity index (χ2v) is 3.25. The van der Waals surface area contributed by atoms with Crippen molar-refractivity contribution < 1.29 is 4.79 Å². The van der Waals surface area contributed by atoms with Gasteiger partial charge >= 0.3 is 0 Å². The first kappa shape index (κ1) is 8.92. The van der Waals surface area contributed by atoms with E-state index in [1.165, 1.54) is 0 Å². The Morgan fingerprint density at radius 2 is 2.00 bits per heavy atom. The number of hydrogen-bond acceptors (Lipinski definition) is 2. The number of Topliss-reactive ketones (excluding diaryl/α,β-unsaturated/α-hetero) is 1. The molecule has 0 saturated carbocycles. The maximum atomic E-state index is 10.9. The lowest BCUT2D eigenvalue weighted by molar-refractivity contribution is -0.125. The van der Waals surface area contributed by atoms with Gasteiger partial charge in [-0.1, -0.05) is 20.8 Å². The summed E-state index contributed by atoms with van der Waals surface area (Å²) in [6, 6.07) is 0.